The van der Waals surface area contributed by atoms with Crippen molar-refractivity contribution in [1.82, 2.24) is 24.6 Å². The molecule has 2 aromatic rings. The number of amides is 1. The summed E-state index contributed by atoms with van der Waals surface area (Å²) in [6.45, 7) is 16.8. The molecule has 0 atom stereocenters. The molecule has 2 saturated heterocycles. The van der Waals surface area contributed by atoms with Crippen LogP contribution < -0.4 is 0 Å². The maximum Gasteiger partial charge on any atom is 0.254 e. The molecule has 0 bridgehead atoms. The largest absolute Gasteiger partial charge is 0.339 e. The van der Waals surface area contributed by atoms with E-state index >= 15 is 0 Å². The van der Waals surface area contributed by atoms with Gasteiger partial charge in [-0.2, -0.15) is 5.10 Å². The molecule has 0 radical (unpaired) electrons. The van der Waals surface area contributed by atoms with Crippen molar-refractivity contribution in [3.8, 4) is 0 Å². The average Bonchev–Trinajstić information content (AvgIpc) is 3.35. The molecule has 0 aliphatic carbocycles. The highest BCUT2D eigenvalue weighted by atomic mass is 16.2. The first-order chi connectivity index (χ1) is 14.2. The summed E-state index contributed by atoms with van der Waals surface area (Å²) in [4.78, 5) is 23.3. The van der Waals surface area contributed by atoms with E-state index in [0.29, 0.717) is 6.04 Å². The van der Waals surface area contributed by atoms with Gasteiger partial charge in [-0.15, -0.1) is 0 Å². The van der Waals surface area contributed by atoms with E-state index in [9.17, 15) is 4.79 Å². The second-order valence-corrected chi connectivity index (χ2v) is 10.4. The van der Waals surface area contributed by atoms with Crippen molar-refractivity contribution in [3.05, 3.63) is 23.0 Å². The summed E-state index contributed by atoms with van der Waals surface area (Å²) in [6, 6.07) is 2.66. The molecule has 4 heterocycles. The Morgan fingerprint density at radius 2 is 1.73 bits per heavy atom. The lowest BCUT2D eigenvalue weighted by molar-refractivity contribution is 0.0646. The maximum absolute atomic E-state index is 13.7. The molecule has 2 fully saturated rings. The lowest BCUT2D eigenvalue weighted by Crippen LogP contribution is -2.46. The molecule has 2 aliphatic heterocycles. The van der Waals surface area contributed by atoms with E-state index in [1.54, 1.807) is 0 Å². The topological polar surface area (TPSA) is 54.3 Å². The zero-order valence-corrected chi connectivity index (χ0v) is 19.5. The van der Waals surface area contributed by atoms with E-state index in [-0.39, 0.29) is 17.4 Å². The Morgan fingerprint density at radius 3 is 2.30 bits per heavy atom. The second kappa shape index (κ2) is 7.95. The SMILES string of the molecule is Cc1nn(C(C)(C)C)c2nc(C(C)C)cc(C(=O)N3CCC(N4CCCC4)CC3)c12. The van der Waals surface area contributed by atoms with Crippen LogP contribution in [-0.4, -0.2) is 62.7 Å². The smallest absolute Gasteiger partial charge is 0.254 e. The predicted octanol–water partition coefficient (Wildman–Crippen LogP) is 4.32. The highest BCUT2D eigenvalue weighted by molar-refractivity contribution is 6.06. The number of nitrogens with zero attached hydrogens (tertiary/aromatic N) is 5. The molecule has 0 N–H and O–H groups in total. The van der Waals surface area contributed by atoms with Crippen molar-refractivity contribution >= 4 is 16.9 Å². The first kappa shape index (κ1) is 21.3. The number of fused-ring (bicyclic) bond motifs is 1. The minimum atomic E-state index is -0.191. The summed E-state index contributed by atoms with van der Waals surface area (Å²) < 4.78 is 1.99. The van der Waals surface area contributed by atoms with Gasteiger partial charge in [-0.1, -0.05) is 13.8 Å². The van der Waals surface area contributed by atoms with Crippen LogP contribution in [0.5, 0.6) is 0 Å². The summed E-state index contributed by atoms with van der Waals surface area (Å²) in [6.07, 6.45) is 4.81. The summed E-state index contributed by atoms with van der Waals surface area (Å²) in [5, 5.41) is 5.71. The van der Waals surface area contributed by atoms with Crippen LogP contribution in [0.2, 0.25) is 0 Å². The lowest BCUT2D eigenvalue weighted by Gasteiger charge is -2.36. The minimum absolute atomic E-state index is 0.140. The molecule has 0 unspecified atom stereocenters. The van der Waals surface area contributed by atoms with Crippen LogP contribution in [-0.2, 0) is 5.54 Å². The van der Waals surface area contributed by atoms with Crippen LogP contribution in [0, 0.1) is 6.92 Å². The average molecular weight is 412 g/mol. The van der Waals surface area contributed by atoms with Crippen LogP contribution in [0.3, 0.4) is 0 Å². The van der Waals surface area contributed by atoms with Crippen molar-refractivity contribution in [2.24, 2.45) is 0 Å². The van der Waals surface area contributed by atoms with E-state index in [1.807, 2.05) is 17.7 Å². The number of likely N-dealkylation sites (tertiary alicyclic amines) is 2. The molecular weight excluding hydrogens is 374 g/mol. The number of carbonyl (C=O) groups excluding carboxylic acids is 1. The Hall–Kier alpha value is -1.95. The monoisotopic (exact) mass is 411 g/mol. The third-order valence-corrected chi connectivity index (χ3v) is 6.70. The van der Waals surface area contributed by atoms with Crippen LogP contribution in [0.4, 0.5) is 0 Å². The molecule has 1 amide bonds. The van der Waals surface area contributed by atoms with Crippen molar-refractivity contribution in [2.45, 2.75) is 84.7 Å². The van der Waals surface area contributed by atoms with Crippen LogP contribution in [0.15, 0.2) is 6.07 Å². The Labute approximate surface area is 180 Å². The third-order valence-electron chi connectivity index (χ3n) is 6.70. The maximum atomic E-state index is 13.7. The Bertz CT molecular complexity index is 925. The van der Waals surface area contributed by atoms with Gasteiger partial charge in [0.05, 0.1) is 22.2 Å². The van der Waals surface area contributed by atoms with Gasteiger partial charge in [0.2, 0.25) is 0 Å². The van der Waals surface area contributed by atoms with E-state index in [0.717, 1.165) is 53.9 Å². The fourth-order valence-corrected chi connectivity index (χ4v) is 4.95. The zero-order chi connectivity index (χ0) is 21.6. The van der Waals surface area contributed by atoms with Gasteiger partial charge in [0.1, 0.15) is 0 Å². The first-order valence-corrected chi connectivity index (χ1v) is 11.6. The van der Waals surface area contributed by atoms with Crippen molar-refractivity contribution < 1.29 is 4.79 Å². The summed E-state index contributed by atoms with van der Waals surface area (Å²) >= 11 is 0. The molecular formula is C24H37N5O. The number of hydrogen-bond donors (Lipinski definition) is 0. The summed E-state index contributed by atoms with van der Waals surface area (Å²) in [5.41, 5.74) is 3.27. The molecule has 2 aliphatic rings. The highest BCUT2D eigenvalue weighted by Crippen LogP contribution is 2.30. The summed E-state index contributed by atoms with van der Waals surface area (Å²) in [7, 11) is 0. The number of hydrogen-bond acceptors (Lipinski definition) is 4. The number of carbonyl (C=O) groups is 1. The normalized spacial score (nSPS) is 19.4. The van der Waals surface area contributed by atoms with Crippen molar-refractivity contribution in [2.75, 3.05) is 26.2 Å². The van der Waals surface area contributed by atoms with Crippen LogP contribution in [0.25, 0.3) is 11.0 Å². The fourth-order valence-electron chi connectivity index (χ4n) is 4.95. The minimum Gasteiger partial charge on any atom is -0.339 e. The van der Waals surface area contributed by atoms with E-state index in [1.165, 1.54) is 25.9 Å². The Kier molecular flexibility index (Phi) is 5.64. The van der Waals surface area contributed by atoms with Gasteiger partial charge in [-0.3, -0.25) is 4.79 Å². The fraction of sp³-hybridized carbons (Fsp3) is 0.708. The van der Waals surface area contributed by atoms with E-state index in [2.05, 4.69) is 44.4 Å². The first-order valence-electron chi connectivity index (χ1n) is 11.6. The third kappa shape index (κ3) is 3.86. The highest BCUT2D eigenvalue weighted by Gasteiger charge is 2.31. The number of rotatable bonds is 3. The quantitative estimate of drug-likeness (QED) is 0.755. The number of pyridine rings is 1. The van der Waals surface area contributed by atoms with Gasteiger partial charge in [-0.25, -0.2) is 9.67 Å². The van der Waals surface area contributed by atoms with Gasteiger partial charge >= 0.3 is 0 Å². The standard InChI is InChI=1S/C24H37N5O/c1-16(2)20-15-19(21-17(3)26-29(22(21)25-20)24(4,5)6)23(30)28-13-9-18(10-14-28)27-11-7-8-12-27/h15-16,18H,7-14H2,1-6H3. The molecule has 0 spiro atoms. The molecule has 0 aromatic carbocycles. The Balaban J connectivity index is 1.67. The molecule has 6 heteroatoms. The number of aryl methyl sites for hydroxylation is 1. The molecule has 164 valence electrons. The van der Waals surface area contributed by atoms with Gasteiger partial charge in [0, 0.05) is 24.8 Å². The molecule has 6 nitrogen and oxygen atoms in total. The zero-order valence-electron chi connectivity index (χ0n) is 19.5. The summed E-state index contributed by atoms with van der Waals surface area (Å²) in [5.74, 6) is 0.395. The lowest BCUT2D eigenvalue weighted by atomic mass is 10.00. The van der Waals surface area contributed by atoms with Crippen molar-refractivity contribution in [1.29, 1.82) is 0 Å². The molecule has 30 heavy (non-hydrogen) atoms. The second-order valence-electron chi connectivity index (χ2n) is 10.4. The van der Waals surface area contributed by atoms with Gasteiger partial charge < -0.3 is 9.80 Å². The molecule has 4 rings (SSSR count). The van der Waals surface area contributed by atoms with E-state index < -0.39 is 0 Å². The van der Waals surface area contributed by atoms with E-state index in [4.69, 9.17) is 10.1 Å². The number of piperidine rings is 1. The van der Waals surface area contributed by atoms with Gasteiger partial charge in [0.25, 0.3) is 5.91 Å². The Morgan fingerprint density at radius 1 is 1.10 bits per heavy atom. The molecule has 2 aromatic heterocycles. The van der Waals surface area contributed by atoms with Crippen LogP contribution in [0.1, 0.15) is 88.0 Å². The van der Waals surface area contributed by atoms with Crippen molar-refractivity contribution in [3.63, 3.8) is 0 Å². The number of aromatic nitrogens is 3. The molecule has 0 saturated carbocycles. The predicted molar refractivity (Wildman–Crippen MR) is 121 cm³/mol. The van der Waals surface area contributed by atoms with Gasteiger partial charge in [0.15, 0.2) is 5.65 Å². The van der Waals surface area contributed by atoms with Gasteiger partial charge in [-0.05, 0) is 78.5 Å². The van der Waals surface area contributed by atoms with Crippen LogP contribution >= 0.6 is 0 Å².